The summed E-state index contributed by atoms with van der Waals surface area (Å²) in [6, 6.07) is 6.90. The number of morpholine rings is 1. The van der Waals surface area contributed by atoms with Gasteiger partial charge in [-0.2, -0.15) is 5.10 Å². The second-order valence-electron chi connectivity index (χ2n) is 6.39. The minimum Gasteiger partial charge on any atom is -0.493 e. The Bertz CT molecular complexity index is 791. The monoisotopic (exact) mass is 375 g/mol. The Morgan fingerprint density at radius 1 is 1.30 bits per heavy atom. The molecule has 2 heterocycles. The first-order valence-electron chi connectivity index (χ1n) is 8.81. The van der Waals surface area contributed by atoms with Crippen molar-refractivity contribution in [2.75, 3.05) is 34.0 Å². The molecule has 0 saturated carbocycles. The molecule has 1 fully saturated rings. The molecule has 8 nitrogen and oxygen atoms in total. The van der Waals surface area contributed by atoms with E-state index in [9.17, 15) is 9.90 Å². The quantitative estimate of drug-likeness (QED) is 0.816. The van der Waals surface area contributed by atoms with Crippen LogP contribution in [0, 0.1) is 6.92 Å². The molecule has 0 radical (unpaired) electrons. The zero-order valence-electron chi connectivity index (χ0n) is 15.8. The number of methoxy groups -OCH3 is 2. The zero-order valence-corrected chi connectivity index (χ0v) is 15.8. The summed E-state index contributed by atoms with van der Waals surface area (Å²) in [5.74, 6) is 1.08. The first kappa shape index (κ1) is 19.2. The molecule has 8 heteroatoms. The van der Waals surface area contributed by atoms with Crippen molar-refractivity contribution >= 4 is 5.91 Å². The van der Waals surface area contributed by atoms with E-state index in [2.05, 4.69) is 5.10 Å². The Morgan fingerprint density at radius 3 is 2.70 bits per heavy atom. The van der Waals surface area contributed by atoms with Crippen molar-refractivity contribution in [3.8, 4) is 11.5 Å². The molecule has 1 aliphatic rings. The highest BCUT2D eigenvalue weighted by molar-refractivity contribution is 5.76. The summed E-state index contributed by atoms with van der Waals surface area (Å²) in [6.45, 7) is 2.64. The molecule has 1 amide bonds. The standard InChI is InChI=1S/C19H25N3O5/c1-13-6-7-21(20-13)11-18(24)22-8-9-27-17(12-23)19(22)14-4-5-15(25-2)16(10-14)26-3/h4-7,10,17,19,23H,8-9,11-12H2,1-3H3/t17-,19-/m1/s1. The largest absolute Gasteiger partial charge is 0.493 e. The minimum absolute atomic E-state index is 0.0837. The molecule has 2 aromatic rings. The molecular formula is C19H25N3O5. The fourth-order valence-corrected chi connectivity index (χ4v) is 3.38. The van der Waals surface area contributed by atoms with Gasteiger partial charge in [0, 0.05) is 12.7 Å². The third-order valence-corrected chi connectivity index (χ3v) is 4.67. The van der Waals surface area contributed by atoms with Crippen molar-refractivity contribution in [1.82, 2.24) is 14.7 Å². The molecule has 1 saturated heterocycles. The van der Waals surface area contributed by atoms with Crippen LogP contribution in [0.15, 0.2) is 30.5 Å². The summed E-state index contributed by atoms with van der Waals surface area (Å²) < 4.78 is 18.0. The minimum atomic E-state index is -0.514. The fraction of sp³-hybridized carbons (Fsp3) is 0.474. The van der Waals surface area contributed by atoms with E-state index in [-0.39, 0.29) is 19.1 Å². The van der Waals surface area contributed by atoms with Gasteiger partial charge in [-0.1, -0.05) is 6.07 Å². The van der Waals surface area contributed by atoms with E-state index in [1.54, 1.807) is 36.1 Å². The number of hydrogen-bond acceptors (Lipinski definition) is 6. The third kappa shape index (κ3) is 4.06. The molecule has 0 unspecified atom stereocenters. The summed E-state index contributed by atoms with van der Waals surface area (Å²) in [6.07, 6.45) is 1.27. The molecule has 2 atom stereocenters. The summed E-state index contributed by atoms with van der Waals surface area (Å²) in [7, 11) is 3.13. The molecule has 1 aromatic heterocycles. The number of aryl methyl sites for hydroxylation is 1. The lowest BCUT2D eigenvalue weighted by molar-refractivity contribution is -0.150. The van der Waals surface area contributed by atoms with Crippen LogP contribution in [0.5, 0.6) is 11.5 Å². The Kier molecular flexibility index (Phi) is 5.98. The first-order chi connectivity index (χ1) is 13.1. The van der Waals surface area contributed by atoms with E-state index in [4.69, 9.17) is 14.2 Å². The lowest BCUT2D eigenvalue weighted by Gasteiger charge is -2.41. The number of carbonyl (C=O) groups excluding carboxylic acids is 1. The highest BCUT2D eigenvalue weighted by Gasteiger charge is 2.36. The molecule has 1 aliphatic heterocycles. The Labute approximate surface area is 158 Å². The van der Waals surface area contributed by atoms with Crippen molar-refractivity contribution in [2.24, 2.45) is 0 Å². The maximum absolute atomic E-state index is 13.0. The zero-order chi connectivity index (χ0) is 19.4. The molecule has 146 valence electrons. The highest BCUT2D eigenvalue weighted by atomic mass is 16.5. The van der Waals surface area contributed by atoms with Gasteiger partial charge in [0.1, 0.15) is 12.6 Å². The van der Waals surface area contributed by atoms with E-state index in [0.717, 1.165) is 11.3 Å². The predicted molar refractivity (Wildman–Crippen MR) is 97.8 cm³/mol. The topological polar surface area (TPSA) is 86.0 Å². The van der Waals surface area contributed by atoms with Crippen LogP contribution in [-0.2, 0) is 16.1 Å². The van der Waals surface area contributed by atoms with E-state index in [1.807, 2.05) is 25.1 Å². The lowest BCUT2D eigenvalue weighted by atomic mass is 9.97. The average Bonchev–Trinajstić information content (AvgIpc) is 3.11. The molecule has 0 spiro atoms. The van der Waals surface area contributed by atoms with Gasteiger partial charge in [0.25, 0.3) is 0 Å². The van der Waals surface area contributed by atoms with Crippen molar-refractivity contribution in [2.45, 2.75) is 25.6 Å². The Hall–Kier alpha value is -2.58. The van der Waals surface area contributed by atoms with Gasteiger partial charge in [0.2, 0.25) is 5.91 Å². The van der Waals surface area contributed by atoms with E-state index in [1.165, 1.54) is 0 Å². The normalized spacial score (nSPS) is 19.8. The van der Waals surface area contributed by atoms with E-state index in [0.29, 0.717) is 24.7 Å². The number of amides is 1. The Balaban J connectivity index is 1.90. The predicted octanol–water partition coefficient (Wildman–Crippen LogP) is 1.17. The molecular weight excluding hydrogens is 350 g/mol. The highest BCUT2D eigenvalue weighted by Crippen LogP contribution is 2.35. The van der Waals surface area contributed by atoms with Gasteiger partial charge in [-0.15, -0.1) is 0 Å². The molecule has 1 N–H and O–H groups in total. The second kappa shape index (κ2) is 8.41. The van der Waals surface area contributed by atoms with Crippen LogP contribution in [0.1, 0.15) is 17.3 Å². The van der Waals surface area contributed by atoms with Crippen LogP contribution in [0.2, 0.25) is 0 Å². The van der Waals surface area contributed by atoms with Crippen LogP contribution in [-0.4, -0.2) is 65.8 Å². The van der Waals surface area contributed by atoms with Crippen molar-refractivity contribution in [3.05, 3.63) is 41.7 Å². The van der Waals surface area contributed by atoms with Crippen LogP contribution >= 0.6 is 0 Å². The van der Waals surface area contributed by atoms with Crippen LogP contribution < -0.4 is 9.47 Å². The number of benzene rings is 1. The van der Waals surface area contributed by atoms with Crippen LogP contribution in [0.25, 0.3) is 0 Å². The van der Waals surface area contributed by atoms with Gasteiger partial charge >= 0.3 is 0 Å². The number of rotatable bonds is 6. The molecule has 3 rings (SSSR count). The molecule has 0 aliphatic carbocycles. The summed E-state index contributed by atoms with van der Waals surface area (Å²) in [4.78, 5) is 14.7. The number of ether oxygens (including phenoxy) is 3. The third-order valence-electron chi connectivity index (χ3n) is 4.67. The number of hydrogen-bond donors (Lipinski definition) is 1. The number of aliphatic hydroxyl groups is 1. The average molecular weight is 375 g/mol. The maximum Gasteiger partial charge on any atom is 0.244 e. The second-order valence-corrected chi connectivity index (χ2v) is 6.39. The summed E-state index contributed by atoms with van der Waals surface area (Å²) >= 11 is 0. The summed E-state index contributed by atoms with van der Waals surface area (Å²) in [5.41, 5.74) is 1.67. The smallest absolute Gasteiger partial charge is 0.244 e. The van der Waals surface area contributed by atoms with Gasteiger partial charge in [-0.05, 0) is 30.7 Å². The van der Waals surface area contributed by atoms with Crippen molar-refractivity contribution in [1.29, 1.82) is 0 Å². The SMILES string of the molecule is COc1ccc([C@@H]2[C@@H](CO)OCCN2C(=O)Cn2ccc(C)n2)cc1OC. The van der Waals surface area contributed by atoms with Gasteiger partial charge in [-0.25, -0.2) is 0 Å². The Morgan fingerprint density at radius 2 is 2.07 bits per heavy atom. The number of nitrogens with zero attached hydrogens (tertiary/aromatic N) is 3. The lowest BCUT2D eigenvalue weighted by Crippen LogP contribution is -2.50. The number of carbonyl (C=O) groups is 1. The van der Waals surface area contributed by atoms with E-state index >= 15 is 0 Å². The van der Waals surface area contributed by atoms with Crippen molar-refractivity contribution < 1.29 is 24.1 Å². The van der Waals surface area contributed by atoms with Gasteiger partial charge in [-0.3, -0.25) is 9.48 Å². The summed E-state index contributed by atoms with van der Waals surface area (Å²) in [5, 5.41) is 14.1. The van der Waals surface area contributed by atoms with E-state index < -0.39 is 12.1 Å². The van der Waals surface area contributed by atoms with Gasteiger partial charge < -0.3 is 24.2 Å². The fourth-order valence-electron chi connectivity index (χ4n) is 3.38. The number of aromatic nitrogens is 2. The van der Waals surface area contributed by atoms with Crippen molar-refractivity contribution in [3.63, 3.8) is 0 Å². The first-order valence-corrected chi connectivity index (χ1v) is 8.81. The van der Waals surface area contributed by atoms with Gasteiger partial charge in [0.15, 0.2) is 11.5 Å². The van der Waals surface area contributed by atoms with Gasteiger partial charge in [0.05, 0.1) is 39.2 Å². The maximum atomic E-state index is 13.0. The van der Waals surface area contributed by atoms with Crippen LogP contribution in [0.3, 0.4) is 0 Å². The molecule has 27 heavy (non-hydrogen) atoms. The molecule has 0 bridgehead atoms. The van der Waals surface area contributed by atoms with Crippen LogP contribution in [0.4, 0.5) is 0 Å². The molecule has 1 aromatic carbocycles. The number of aliphatic hydroxyl groups excluding tert-OH is 1.